The summed E-state index contributed by atoms with van der Waals surface area (Å²) in [5.74, 6) is 0. The van der Waals surface area contributed by atoms with E-state index < -0.39 is 0 Å². The summed E-state index contributed by atoms with van der Waals surface area (Å²) in [6.07, 6.45) is 5.85. The molecule has 10 heavy (non-hydrogen) atoms. The van der Waals surface area contributed by atoms with Crippen molar-refractivity contribution in [3.05, 3.63) is 12.2 Å². The van der Waals surface area contributed by atoms with Gasteiger partial charge in [0.15, 0.2) is 0 Å². The maximum absolute atomic E-state index is 8.43. The van der Waals surface area contributed by atoms with Crippen molar-refractivity contribution in [2.75, 3.05) is 13.7 Å². The SMILES string of the molecule is CCC(/C=C/CCO)OC. The molecular weight excluding hydrogens is 128 g/mol. The van der Waals surface area contributed by atoms with Crippen LogP contribution < -0.4 is 0 Å². The Balaban J connectivity index is 3.40. The molecule has 0 bridgehead atoms. The van der Waals surface area contributed by atoms with E-state index in [-0.39, 0.29) is 12.7 Å². The number of hydrogen-bond donors (Lipinski definition) is 1. The maximum atomic E-state index is 8.43. The number of hydrogen-bond acceptors (Lipinski definition) is 2. The largest absolute Gasteiger partial charge is 0.396 e. The molecule has 0 fully saturated rings. The third-order valence-electron chi connectivity index (χ3n) is 1.35. The van der Waals surface area contributed by atoms with Gasteiger partial charge in [-0.1, -0.05) is 19.1 Å². The molecule has 0 aromatic rings. The summed E-state index contributed by atoms with van der Waals surface area (Å²) in [5, 5.41) is 8.43. The first kappa shape index (κ1) is 9.66. The Morgan fingerprint density at radius 3 is 2.70 bits per heavy atom. The van der Waals surface area contributed by atoms with Gasteiger partial charge < -0.3 is 9.84 Å². The number of aliphatic hydroxyl groups excluding tert-OH is 1. The minimum atomic E-state index is 0.214. The van der Waals surface area contributed by atoms with E-state index in [1.54, 1.807) is 7.11 Å². The standard InChI is InChI=1S/C8H16O2/c1-3-8(10-2)6-4-5-7-9/h4,6,8-9H,3,5,7H2,1-2H3/b6-4+. The Morgan fingerprint density at radius 1 is 1.60 bits per heavy atom. The van der Waals surface area contributed by atoms with Crippen LogP contribution in [-0.2, 0) is 4.74 Å². The van der Waals surface area contributed by atoms with Crippen LogP contribution in [0.5, 0.6) is 0 Å². The predicted molar refractivity (Wildman–Crippen MR) is 41.9 cm³/mol. The molecule has 0 heterocycles. The second-order valence-electron chi connectivity index (χ2n) is 2.12. The van der Waals surface area contributed by atoms with E-state index in [1.165, 1.54) is 0 Å². The fourth-order valence-corrected chi connectivity index (χ4v) is 0.704. The molecule has 0 aliphatic rings. The second kappa shape index (κ2) is 6.78. The van der Waals surface area contributed by atoms with Crippen molar-refractivity contribution < 1.29 is 9.84 Å². The first-order chi connectivity index (χ1) is 4.85. The molecule has 0 saturated heterocycles. The Kier molecular flexibility index (Phi) is 6.55. The summed E-state index contributed by atoms with van der Waals surface area (Å²) in [5.41, 5.74) is 0. The highest BCUT2D eigenvalue weighted by Gasteiger charge is 1.95. The zero-order valence-corrected chi connectivity index (χ0v) is 6.71. The summed E-state index contributed by atoms with van der Waals surface area (Å²) in [7, 11) is 1.69. The van der Waals surface area contributed by atoms with Gasteiger partial charge in [-0.2, -0.15) is 0 Å². The highest BCUT2D eigenvalue weighted by atomic mass is 16.5. The van der Waals surface area contributed by atoms with Crippen LogP contribution in [0.15, 0.2) is 12.2 Å². The third kappa shape index (κ3) is 4.53. The van der Waals surface area contributed by atoms with Gasteiger partial charge in [0, 0.05) is 13.7 Å². The van der Waals surface area contributed by atoms with E-state index >= 15 is 0 Å². The lowest BCUT2D eigenvalue weighted by molar-refractivity contribution is 0.137. The van der Waals surface area contributed by atoms with E-state index in [4.69, 9.17) is 9.84 Å². The summed E-state index contributed by atoms with van der Waals surface area (Å²) in [4.78, 5) is 0. The molecule has 0 saturated carbocycles. The number of methoxy groups -OCH3 is 1. The molecule has 0 radical (unpaired) electrons. The lowest BCUT2D eigenvalue weighted by Gasteiger charge is -2.05. The van der Waals surface area contributed by atoms with Crippen molar-refractivity contribution in [3.63, 3.8) is 0 Å². The molecule has 0 spiro atoms. The summed E-state index contributed by atoms with van der Waals surface area (Å²) in [6.45, 7) is 2.29. The van der Waals surface area contributed by atoms with Crippen molar-refractivity contribution in [2.45, 2.75) is 25.9 Å². The third-order valence-corrected chi connectivity index (χ3v) is 1.35. The first-order valence-corrected chi connectivity index (χ1v) is 3.65. The Morgan fingerprint density at radius 2 is 2.30 bits per heavy atom. The van der Waals surface area contributed by atoms with Gasteiger partial charge in [0.1, 0.15) is 0 Å². The molecular formula is C8H16O2. The average Bonchev–Trinajstić information content (AvgIpc) is 1.99. The van der Waals surface area contributed by atoms with Gasteiger partial charge >= 0.3 is 0 Å². The number of aliphatic hydroxyl groups is 1. The van der Waals surface area contributed by atoms with Gasteiger partial charge in [0.25, 0.3) is 0 Å². The van der Waals surface area contributed by atoms with Gasteiger partial charge in [0.2, 0.25) is 0 Å². The molecule has 0 aromatic heterocycles. The van der Waals surface area contributed by atoms with E-state index in [9.17, 15) is 0 Å². The van der Waals surface area contributed by atoms with Crippen LogP contribution >= 0.6 is 0 Å². The van der Waals surface area contributed by atoms with Crippen LogP contribution in [-0.4, -0.2) is 24.9 Å². The smallest absolute Gasteiger partial charge is 0.0749 e. The zero-order valence-electron chi connectivity index (χ0n) is 6.71. The minimum Gasteiger partial charge on any atom is -0.396 e. The summed E-state index contributed by atoms with van der Waals surface area (Å²) >= 11 is 0. The molecule has 60 valence electrons. The molecule has 0 aliphatic carbocycles. The van der Waals surface area contributed by atoms with E-state index in [0.717, 1.165) is 12.8 Å². The van der Waals surface area contributed by atoms with Crippen molar-refractivity contribution >= 4 is 0 Å². The van der Waals surface area contributed by atoms with Crippen molar-refractivity contribution in [1.29, 1.82) is 0 Å². The molecule has 0 aliphatic heterocycles. The highest BCUT2D eigenvalue weighted by molar-refractivity contribution is 4.88. The maximum Gasteiger partial charge on any atom is 0.0749 e. The normalized spacial score (nSPS) is 14.3. The Bertz CT molecular complexity index is 85.3. The average molecular weight is 144 g/mol. The lowest BCUT2D eigenvalue weighted by atomic mass is 10.2. The van der Waals surface area contributed by atoms with E-state index in [0.29, 0.717) is 0 Å². The molecule has 0 rings (SSSR count). The monoisotopic (exact) mass is 144 g/mol. The lowest BCUT2D eigenvalue weighted by Crippen LogP contribution is -2.03. The Hall–Kier alpha value is -0.340. The molecule has 2 nitrogen and oxygen atoms in total. The van der Waals surface area contributed by atoms with Gasteiger partial charge in [0.05, 0.1) is 6.10 Å². The quantitative estimate of drug-likeness (QED) is 0.590. The second-order valence-corrected chi connectivity index (χ2v) is 2.12. The van der Waals surface area contributed by atoms with Crippen LogP contribution in [0, 0.1) is 0 Å². The highest BCUT2D eigenvalue weighted by Crippen LogP contribution is 1.97. The molecule has 0 amide bonds. The van der Waals surface area contributed by atoms with Gasteiger partial charge in [-0.05, 0) is 12.8 Å². The Labute approximate surface area is 62.5 Å². The zero-order chi connectivity index (χ0) is 7.82. The van der Waals surface area contributed by atoms with E-state index in [2.05, 4.69) is 6.92 Å². The van der Waals surface area contributed by atoms with Crippen LogP contribution in [0.2, 0.25) is 0 Å². The van der Waals surface area contributed by atoms with Crippen molar-refractivity contribution in [1.82, 2.24) is 0 Å². The van der Waals surface area contributed by atoms with Crippen LogP contribution in [0.3, 0.4) is 0 Å². The molecule has 1 atom stereocenters. The van der Waals surface area contributed by atoms with E-state index in [1.807, 2.05) is 12.2 Å². The topological polar surface area (TPSA) is 29.5 Å². The fraction of sp³-hybridized carbons (Fsp3) is 0.750. The summed E-state index contributed by atoms with van der Waals surface area (Å²) in [6, 6.07) is 0. The van der Waals surface area contributed by atoms with Crippen LogP contribution in [0.25, 0.3) is 0 Å². The fourth-order valence-electron chi connectivity index (χ4n) is 0.704. The minimum absolute atomic E-state index is 0.214. The van der Waals surface area contributed by atoms with Crippen molar-refractivity contribution in [3.8, 4) is 0 Å². The van der Waals surface area contributed by atoms with Gasteiger partial charge in [-0.15, -0.1) is 0 Å². The van der Waals surface area contributed by atoms with Crippen molar-refractivity contribution in [2.24, 2.45) is 0 Å². The first-order valence-electron chi connectivity index (χ1n) is 3.65. The number of ether oxygens (including phenoxy) is 1. The van der Waals surface area contributed by atoms with Crippen LogP contribution in [0.4, 0.5) is 0 Å². The molecule has 1 unspecified atom stereocenters. The van der Waals surface area contributed by atoms with Gasteiger partial charge in [-0.3, -0.25) is 0 Å². The number of rotatable bonds is 5. The molecule has 2 heteroatoms. The molecule has 0 aromatic carbocycles. The summed E-state index contributed by atoms with van der Waals surface area (Å²) < 4.78 is 5.08. The van der Waals surface area contributed by atoms with Gasteiger partial charge in [-0.25, -0.2) is 0 Å². The molecule has 1 N–H and O–H groups in total. The van der Waals surface area contributed by atoms with Crippen LogP contribution in [0.1, 0.15) is 19.8 Å². The predicted octanol–water partition coefficient (Wildman–Crippen LogP) is 1.35.